The van der Waals surface area contributed by atoms with Gasteiger partial charge in [-0.25, -0.2) is 0 Å². The monoisotopic (exact) mass is 458 g/mol. The second-order valence-electron chi connectivity index (χ2n) is 7.88. The molecule has 1 amide bonds. The first-order valence-electron chi connectivity index (χ1n) is 10.4. The van der Waals surface area contributed by atoms with Crippen molar-refractivity contribution in [1.82, 2.24) is 0 Å². The first-order valence-corrected chi connectivity index (χ1v) is 11.2. The Morgan fingerprint density at radius 3 is 2.48 bits per heavy atom. The maximum atomic E-state index is 12.6. The van der Waals surface area contributed by atoms with Gasteiger partial charge in [-0.2, -0.15) is 4.99 Å². The summed E-state index contributed by atoms with van der Waals surface area (Å²) in [6.07, 6.45) is 7.95. The van der Waals surface area contributed by atoms with Gasteiger partial charge in [0, 0.05) is 5.69 Å². The third kappa shape index (κ3) is 5.21. The van der Waals surface area contributed by atoms with Crippen LogP contribution in [0.3, 0.4) is 0 Å². The molecule has 2 N–H and O–H groups in total. The van der Waals surface area contributed by atoms with Gasteiger partial charge in [0.1, 0.15) is 5.78 Å². The molecule has 1 atom stereocenters. The van der Waals surface area contributed by atoms with E-state index in [0.717, 1.165) is 11.1 Å². The zero-order valence-electron chi connectivity index (χ0n) is 17.9. The number of allylic oxidation sites excluding steroid dienone is 5. The van der Waals surface area contributed by atoms with Crippen LogP contribution in [0.15, 0.2) is 88.8 Å². The number of nitrogens with one attached hydrogen (secondary N) is 1. The van der Waals surface area contributed by atoms with E-state index >= 15 is 0 Å². The number of ketones is 1. The van der Waals surface area contributed by atoms with Crippen LogP contribution in [-0.2, 0) is 20.8 Å². The zero-order valence-corrected chi connectivity index (χ0v) is 18.8. The molecular weight excluding hydrogens is 436 g/mol. The highest BCUT2D eigenvalue weighted by Gasteiger charge is 2.35. The van der Waals surface area contributed by atoms with E-state index in [2.05, 4.69) is 10.3 Å². The molecule has 0 fully saturated rings. The summed E-state index contributed by atoms with van der Waals surface area (Å²) in [5.41, 5.74) is 2.61. The summed E-state index contributed by atoms with van der Waals surface area (Å²) in [5.74, 6) is -1.33. The van der Waals surface area contributed by atoms with Crippen LogP contribution in [-0.4, -0.2) is 27.9 Å². The van der Waals surface area contributed by atoms with Crippen molar-refractivity contribution in [2.75, 3.05) is 5.32 Å². The molecule has 7 heteroatoms. The minimum absolute atomic E-state index is 0.0431. The first-order chi connectivity index (χ1) is 15.8. The van der Waals surface area contributed by atoms with Gasteiger partial charge in [-0.1, -0.05) is 60.7 Å². The van der Waals surface area contributed by atoms with Crippen LogP contribution in [0.2, 0.25) is 0 Å². The number of amides is 1. The van der Waals surface area contributed by atoms with Crippen LogP contribution in [0.1, 0.15) is 24.5 Å². The highest BCUT2D eigenvalue weighted by atomic mass is 32.2. The molecule has 0 bridgehead atoms. The number of benzene rings is 2. The fourth-order valence-electron chi connectivity index (χ4n) is 3.67. The zero-order chi connectivity index (χ0) is 23.4. The Morgan fingerprint density at radius 1 is 1.15 bits per heavy atom. The standard InChI is InChI=1S/C26H22N2O4S/c1-17(29)26(13-11-20(12-14-26)19-5-3-2-4-6-19)16-22-24(32)28-25(33-22)27-21-9-7-18(8-10-21)15-23(30)31/h2-13,16H,14-15H2,1H3,(H,30,31)(H,27,28,32). The molecule has 2 aromatic rings. The summed E-state index contributed by atoms with van der Waals surface area (Å²) in [4.78, 5) is 40.4. The van der Waals surface area contributed by atoms with Gasteiger partial charge in [0.15, 0.2) is 5.17 Å². The van der Waals surface area contributed by atoms with Crippen molar-refractivity contribution in [2.45, 2.75) is 19.8 Å². The number of anilines is 1. The van der Waals surface area contributed by atoms with Crippen molar-refractivity contribution in [3.8, 4) is 0 Å². The van der Waals surface area contributed by atoms with Gasteiger partial charge < -0.3 is 10.4 Å². The van der Waals surface area contributed by atoms with Crippen molar-refractivity contribution in [3.05, 3.63) is 94.9 Å². The van der Waals surface area contributed by atoms with Gasteiger partial charge >= 0.3 is 5.97 Å². The number of aliphatic carboxylic acids is 1. The van der Waals surface area contributed by atoms with E-state index in [-0.39, 0.29) is 12.2 Å². The minimum atomic E-state index is -0.895. The normalized spacial score (nSPS) is 21.0. The smallest absolute Gasteiger partial charge is 0.307 e. The van der Waals surface area contributed by atoms with Gasteiger partial charge in [0.2, 0.25) is 0 Å². The number of thioether (sulfide) groups is 1. The van der Waals surface area contributed by atoms with E-state index in [4.69, 9.17) is 5.11 Å². The summed E-state index contributed by atoms with van der Waals surface area (Å²) < 4.78 is 0. The highest BCUT2D eigenvalue weighted by Crippen LogP contribution is 2.39. The molecular formula is C26H22N2O4S. The lowest BCUT2D eigenvalue weighted by Gasteiger charge is -2.27. The predicted octanol–water partition coefficient (Wildman–Crippen LogP) is 4.86. The fourth-order valence-corrected chi connectivity index (χ4v) is 4.58. The van der Waals surface area contributed by atoms with Crippen LogP contribution >= 0.6 is 11.8 Å². The van der Waals surface area contributed by atoms with E-state index < -0.39 is 17.3 Å². The van der Waals surface area contributed by atoms with Gasteiger partial charge in [-0.05, 0) is 60.0 Å². The lowest BCUT2D eigenvalue weighted by Crippen LogP contribution is -2.26. The molecule has 166 valence electrons. The number of carbonyl (C=O) groups is 3. The third-order valence-electron chi connectivity index (χ3n) is 5.55. The molecule has 1 aliphatic carbocycles. The topological polar surface area (TPSA) is 95.8 Å². The maximum absolute atomic E-state index is 12.6. The number of carboxylic acid groups (broad SMARTS) is 1. The maximum Gasteiger partial charge on any atom is 0.307 e. The number of carboxylic acids is 1. The Balaban J connectivity index is 1.48. The number of amidine groups is 1. The van der Waals surface area contributed by atoms with Crippen LogP contribution in [0.25, 0.3) is 5.57 Å². The number of nitrogens with zero attached hydrogens (tertiary/aromatic N) is 1. The Bertz CT molecular complexity index is 1230. The van der Waals surface area contributed by atoms with Crippen LogP contribution in [0.5, 0.6) is 0 Å². The van der Waals surface area contributed by atoms with Crippen molar-refractivity contribution in [1.29, 1.82) is 0 Å². The van der Waals surface area contributed by atoms with E-state index in [9.17, 15) is 14.4 Å². The van der Waals surface area contributed by atoms with Gasteiger partial charge in [0.05, 0.1) is 16.7 Å². The molecule has 1 heterocycles. The Kier molecular flexibility index (Phi) is 6.42. The summed E-state index contributed by atoms with van der Waals surface area (Å²) in [7, 11) is 0. The molecule has 33 heavy (non-hydrogen) atoms. The quantitative estimate of drug-likeness (QED) is 0.601. The molecule has 2 aromatic carbocycles. The summed E-state index contributed by atoms with van der Waals surface area (Å²) >= 11 is 1.18. The molecule has 0 spiro atoms. The van der Waals surface area contributed by atoms with Gasteiger partial charge in [-0.3, -0.25) is 14.4 Å². The molecule has 1 aliphatic heterocycles. The average molecular weight is 459 g/mol. The highest BCUT2D eigenvalue weighted by molar-refractivity contribution is 8.18. The SMILES string of the molecule is CC(=O)C1(C=C2SC(Nc3ccc(CC(=O)O)cc3)=NC2=O)C=CC(c2ccccc2)=CC1. The second kappa shape index (κ2) is 9.42. The summed E-state index contributed by atoms with van der Waals surface area (Å²) in [6.45, 7) is 1.53. The van der Waals surface area contributed by atoms with Crippen LogP contribution < -0.4 is 5.32 Å². The number of Topliss-reactive ketones (excluding diaryl/α,β-unsaturated/α-hetero) is 1. The van der Waals surface area contributed by atoms with Crippen molar-refractivity contribution < 1.29 is 19.5 Å². The summed E-state index contributed by atoms with van der Waals surface area (Å²) in [6, 6.07) is 16.8. The molecule has 0 saturated heterocycles. The molecule has 2 aliphatic rings. The number of rotatable bonds is 6. The minimum Gasteiger partial charge on any atom is -0.481 e. The van der Waals surface area contributed by atoms with E-state index in [1.807, 2.05) is 48.6 Å². The molecule has 0 saturated carbocycles. The van der Waals surface area contributed by atoms with Crippen molar-refractivity contribution >= 4 is 45.8 Å². The lowest BCUT2D eigenvalue weighted by atomic mass is 9.76. The van der Waals surface area contributed by atoms with Gasteiger partial charge in [0.25, 0.3) is 5.91 Å². The summed E-state index contributed by atoms with van der Waals surface area (Å²) in [5, 5.41) is 12.4. The molecule has 0 aromatic heterocycles. The van der Waals surface area contributed by atoms with Crippen molar-refractivity contribution in [2.24, 2.45) is 10.4 Å². The predicted molar refractivity (Wildman–Crippen MR) is 131 cm³/mol. The number of carbonyl (C=O) groups excluding carboxylic acids is 2. The molecule has 6 nitrogen and oxygen atoms in total. The Hall–Kier alpha value is -3.71. The first kappa shape index (κ1) is 22.5. The Morgan fingerprint density at radius 2 is 1.88 bits per heavy atom. The second-order valence-corrected chi connectivity index (χ2v) is 8.92. The van der Waals surface area contributed by atoms with E-state index in [1.165, 1.54) is 18.7 Å². The number of hydrogen-bond acceptors (Lipinski definition) is 5. The van der Waals surface area contributed by atoms with Crippen LogP contribution in [0, 0.1) is 5.41 Å². The Labute approximate surface area is 195 Å². The third-order valence-corrected chi connectivity index (χ3v) is 6.45. The van der Waals surface area contributed by atoms with Gasteiger partial charge in [-0.15, -0.1) is 0 Å². The van der Waals surface area contributed by atoms with E-state index in [0.29, 0.717) is 27.7 Å². The largest absolute Gasteiger partial charge is 0.481 e. The molecule has 0 radical (unpaired) electrons. The molecule has 4 rings (SSSR count). The fraction of sp³-hybridized carbons (Fsp3) is 0.154. The lowest BCUT2D eigenvalue weighted by molar-refractivity contribution is -0.136. The number of aliphatic imine (C=N–C) groups is 1. The molecule has 1 unspecified atom stereocenters. The van der Waals surface area contributed by atoms with Crippen molar-refractivity contribution in [3.63, 3.8) is 0 Å². The van der Waals surface area contributed by atoms with Crippen LogP contribution in [0.4, 0.5) is 5.69 Å². The number of hydrogen-bond donors (Lipinski definition) is 2. The average Bonchev–Trinajstić information content (AvgIpc) is 3.14. The van der Waals surface area contributed by atoms with E-state index in [1.54, 1.807) is 30.3 Å².